The van der Waals surface area contributed by atoms with Gasteiger partial charge in [0, 0.05) is 12.8 Å². The lowest BCUT2D eigenvalue weighted by Gasteiger charge is -2.08. The number of allylic oxidation sites excluding steroid dienone is 2. The highest BCUT2D eigenvalue weighted by atomic mass is 16.8. The first-order valence-corrected chi connectivity index (χ1v) is 13.2. The van der Waals surface area contributed by atoms with E-state index in [1.54, 1.807) is 0 Å². The summed E-state index contributed by atoms with van der Waals surface area (Å²) >= 11 is 0. The topological polar surface area (TPSA) is 124 Å². The second-order valence-corrected chi connectivity index (χ2v) is 8.99. The molecule has 2 heterocycles. The first-order valence-electron chi connectivity index (χ1n) is 13.2. The molecule has 0 bridgehead atoms. The Hall–Kier alpha value is -2.78. The standard InChI is InChI=1S/C26H40O10/c27-21(33-23-19-31-25(29)35-23)17-15-13-11-9-7-5-3-1-2-4-6-8-10-12-14-16-18-22(28)34-24-20-32-26(30)36-24/h1-2,23-24H,3-20H2/b2-1+. The van der Waals surface area contributed by atoms with E-state index >= 15 is 0 Å². The van der Waals surface area contributed by atoms with Gasteiger partial charge in [-0.15, -0.1) is 0 Å². The molecule has 0 aromatic rings. The van der Waals surface area contributed by atoms with Crippen LogP contribution in [0.3, 0.4) is 0 Å². The zero-order chi connectivity index (χ0) is 25.8. The number of cyclic esters (lactones) is 4. The molecule has 0 saturated carbocycles. The number of carbonyl (C=O) groups excluding carboxylic acids is 4. The number of carbonyl (C=O) groups is 4. The van der Waals surface area contributed by atoms with E-state index in [0.29, 0.717) is 12.8 Å². The summed E-state index contributed by atoms with van der Waals surface area (Å²) in [4.78, 5) is 44.8. The molecular formula is C26H40O10. The van der Waals surface area contributed by atoms with E-state index in [4.69, 9.17) is 9.47 Å². The third-order valence-corrected chi connectivity index (χ3v) is 5.83. The molecular weight excluding hydrogens is 472 g/mol. The average molecular weight is 513 g/mol. The van der Waals surface area contributed by atoms with Crippen molar-refractivity contribution in [2.75, 3.05) is 13.2 Å². The third kappa shape index (κ3) is 14.6. The molecule has 2 unspecified atom stereocenters. The van der Waals surface area contributed by atoms with Crippen molar-refractivity contribution in [2.24, 2.45) is 0 Å². The number of unbranched alkanes of at least 4 members (excludes halogenated alkanes) is 12. The quantitative estimate of drug-likeness (QED) is 0.0848. The maximum Gasteiger partial charge on any atom is 0.511 e. The molecule has 0 aromatic heterocycles. The normalized spacial score (nSPS) is 19.0. The summed E-state index contributed by atoms with van der Waals surface area (Å²) in [5, 5.41) is 0. The first kappa shape index (κ1) is 29.5. The molecule has 2 rings (SSSR count). The van der Waals surface area contributed by atoms with Crippen molar-refractivity contribution < 1.29 is 47.6 Å². The Balaban J connectivity index is 1.25. The zero-order valence-electron chi connectivity index (χ0n) is 21.1. The van der Waals surface area contributed by atoms with Crippen molar-refractivity contribution in [3.8, 4) is 0 Å². The van der Waals surface area contributed by atoms with E-state index in [0.717, 1.165) is 64.2 Å². The minimum absolute atomic E-state index is 0.0270. The van der Waals surface area contributed by atoms with Gasteiger partial charge in [-0.25, -0.2) is 9.59 Å². The van der Waals surface area contributed by atoms with Crippen LogP contribution >= 0.6 is 0 Å². The highest BCUT2D eigenvalue weighted by Gasteiger charge is 2.28. The largest absolute Gasteiger partial charge is 0.511 e. The molecule has 2 atom stereocenters. The Morgan fingerprint density at radius 3 is 1.33 bits per heavy atom. The first-order chi connectivity index (χ1) is 17.5. The van der Waals surface area contributed by atoms with Crippen LogP contribution in [0.25, 0.3) is 0 Å². The van der Waals surface area contributed by atoms with Gasteiger partial charge < -0.3 is 28.4 Å². The molecule has 36 heavy (non-hydrogen) atoms. The lowest BCUT2D eigenvalue weighted by Crippen LogP contribution is -2.19. The number of rotatable bonds is 20. The lowest BCUT2D eigenvalue weighted by molar-refractivity contribution is -0.164. The minimum Gasteiger partial charge on any atom is -0.426 e. The van der Waals surface area contributed by atoms with Gasteiger partial charge in [-0.05, 0) is 38.5 Å². The second kappa shape index (κ2) is 18.5. The summed E-state index contributed by atoms with van der Waals surface area (Å²) in [6, 6.07) is 0. The van der Waals surface area contributed by atoms with E-state index < -0.39 is 24.9 Å². The van der Waals surface area contributed by atoms with E-state index in [1.807, 2.05) is 0 Å². The van der Waals surface area contributed by atoms with Crippen LogP contribution in [0.5, 0.6) is 0 Å². The molecule has 10 nitrogen and oxygen atoms in total. The van der Waals surface area contributed by atoms with Crippen molar-refractivity contribution in [2.45, 2.75) is 115 Å². The van der Waals surface area contributed by atoms with Gasteiger partial charge in [-0.3, -0.25) is 9.59 Å². The maximum absolute atomic E-state index is 11.6. The van der Waals surface area contributed by atoms with Crippen LogP contribution in [-0.2, 0) is 38.0 Å². The predicted octanol–water partition coefficient (Wildman–Crippen LogP) is 5.86. The summed E-state index contributed by atoms with van der Waals surface area (Å²) in [6.45, 7) is -0.0540. The van der Waals surface area contributed by atoms with Crippen molar-refractivity contribution in [1.29, 1.82) is 0 Å². The summed E-state index contributed by atoms with van der Waals surface area (Å²) in [5.74, 6) is -0.708. The van der Waals surface area contributed by atoms with Gasteiger partial charge in [-0.1, -0.05) is 63.5 Å². The van der Waals surface area contributed by atoms with Crippen LogP contribution < -0.4 is 0 Å². The van der Waals surface area contributed by atoms with Crippen molar-refractivity contribution in [1.82, 2.24) is 0 Å². The highest BCUT2D eigenvalue weighted by Crippen LogP contribution is 2.14. The molecule has 2 saturated heterocycles. The Kier molecular flexibility index (Phi) is 15.1. The van der Waals surface area contributed by atoms with Crippen LogP contribution in [0.15, 0.2) is 12.2 Å². The van der Waals surface area contributed by atoms with E-state index in [2.05, 4.69) is 31.1 Å². The van der Waals surface area contributed by atoms with Crippen LogP contribution in [0.2, 0.25) is 0 Å². The molecule has 2 fully saturated rings. The monoisotopic (exact) mass is 512 g/mol. The third-order valence-electron chi connectivity index (χ3n) is 5.83. The molecule has 2 aliphatic heterocycles. The highest BCUT2D eigenvalue weighted by molar-refractivity contribution is 5.70. The fraction of sp³-hybridized carbons (Fsp3) is 0.769. The molecule has 0 N–H and O–H groups in total. The smallest absolute Gasteiger partial charge is 0.426 e. The van der Waals surface area contributed by atoms with Crippen LogP contribution in [-0.4, -0.2) is 50.0 Å². The molecule has 0 radical (unpaired) electrons. The van der Waals surface area contributed by atoms with Gasteiger partial charge >= 0.3 is 24.2 Å². The Morgan fingerprint density at radius 1 is 0.611 bits per heavy atom. The van der Waals surface area contributed by atoms with Crippen LogP contribution in [0.4, 0.5) is 9.59 Å². The molecule has 0 aromatic carbocycles. The molecule has 0 spiro atoms. The average Bonchev–Trinajstić information content (AvgIpc) is 3.45. The minimum atomic E-state index is -0.892. The van der Waals surface area contributed by atoms with Gasteiger partial charge in [-0.2, -0.15) is 0 Å². The zero-order valence-corrected chi connectivity index (χ0v) is 21.1. The molecule has 0 amide bonds. The van der Waals surface area contributed by atoms with E-state index in [9.17, 15) is 19.2 Å². The van der Waals surface area contributed by atoms with Gasteiger partial charge in [0.2, 0.25) is 0 Å². The summed E-state index contributed by atoms with van der Waals surface area (Å²) < 4.78 is 28.4. The number of hydrogen-bond donors (Lipinski definition) is 0. The molecule has 0 aliphatic carbocycles. The molecule has 204 valence electrons. The van der Waals surface area contributed by atoms with Crippen molar-refractivity contribution in [3.05, 3.63) is 12.2 Å². The second-order valence-electron chi connectivity index (χ2n) is 8.99. The van der Waals surface area contributed by atoms with E-state index in [1.165, 1.54) is 25.7 Å². The van der Waals surface area contributed by atoms with Crippen molar-refractivity contribution >= 4 is 24.2 Å². The Morgan fingerprint density at radius 2 is 0.972 bits per heavy atom. The summed E-state index contributed by atoms with van der Waals surface area (Å²) in [7, 11) is 0. The maximum atomic E-state index is 11.6. The predicted molar refractivity (Wildman–Crippen MR) is 128 cm³/mol. The number of ether oxygens (including phenoxy) is 6. The van der Waals surface area contributed by atoms with Gasteiger partial charge in [0.05, 0.1) is 0 Å². The fourth-order valence-electron chi connectivity index (χ4n) is 3.86. The fourth-order valence-corrected chi connectivity index (χ4v) is 3.86. The summed E-state index contributed by atoms with van der Waals surface area (Å²) in [6.07, 6.45) is 16.9. The lowest BCUT2D eigenvalue weighted by atomic mass is 10.1. The number of hydrogen-bond acceptors (Lipinski definition) is 10. The molecule has 2 aliphatic rings. The SMILES string of the molecule is O=C(CCCCCCCC/C=C/CCCCCCCCC(=O)OC1COC(=O)O1)OC1COC(=O)O1. The Bertz CT molecular complexity index is 647. The van der Waals surface area contributed by atoms with Crippen molar-refractivity contribution in [3.63, 3.8) is 0 Å². The Labute approximate surface area is 212 Å². The number of esters is 2. The molecule has 10 heteroatoms. The van der Waals surface area contributed by atoms with Gasteiger partial charge in [0.25, 0.3) is 12.6 Å². The van der Waals surface area contributed by atoms with Crippen LogP contribution in [0, 0.1) is 0 Å². The van der Waals surface area contributed by atoms with Gasteiger partial charge in [0.15, 0.2) is 13.2 Å². The van der Waals surface area contributed by atoms with E-state index in [-0.39, 0.29) is 25.2 Å². The summed E-state index contributed by atoms with van der Waals surface area (Å²) in [5.41, 5.74) is 0. The van der Waals surface area contributed by atoms with Gasteiger partial charge in [0.1, 0.15) is 0 Å². The van der Waals surface area contributed by atoms with Crippen LogP contribution in [0.1, 0.15) is 103 Å².